The highest BCUT2D eigenvalue weighted by atomic mass is 32.3. The Morgan fingerprint density at radius 3 is 2.03 bits per heavy atom. The molecule has 1 aliphatic heterocycles. The molecule has 32 heavy (non-hydrogen) atoms. The molecule has 0 amide bonds. The lowest BCUT2D eigenvalue weighted by molar-refractivity contribution is 0.357. The predicted octanol–water partition coefficient (Wildman–Crippen LogP) is 2.35. The summed E-state index contributed by atoms with van der Waals surface area (Å²) in [7, 11) is -10.5. The van der Waals surface area contributed by atoms with Gasteiger partial charge < -0.3 is 0 Å². The van der Waals surface area contributed by atoms with E-state index in [9.17, 15) is 16.8 Å². The summed E-state index contributed by atoms with van der Waals surface area (Å²) in [5, 5.41) is 8.31. The number of aromatic nitrogens is 1. The molecule has 10 nitrogen and oxygen atoms in total. The van der Waals surface area contributed by atoms with E-state index in [-0.39, 0.29) is 17.2 Å². The molecule has 0 saturated carbocycles. The normalized spacial score (nSPS) is 16.9. The second-order valence-corrected chi connectivity index (χ2v) is 9.20. The Bertz CT molecular complexity index is 1380. The van der Waals surface area contributed by atoms with Crippen LogP contribution in [-0.2, 0) is 24.3 Å². The quantitative estimate of drug-likeness (QED) is 0.543. The topological polar surface area (TPSA) is 139 Å². The van der Waals surface area contributed by atoms with E-state index in [2.05, 4.69) is 18.8 Å². The van der Waals surface area contributed by atoms with E-state index in [4.69, 9.17) is 4.55 Å². The summed E-state index contributed by atoms with van der Waals surface area (Å²) in [4.78, 5) is 4.11. The molecule has 1 aliphatic rings. The number of rotatable bonds is 6. The second kappa shape index (κ2) is 8.59. The number of nitrogens with zero attached hydrogens (tertiary/aromatic N) is 4. The molecule has 4 rings (SSSR count). The van der Waals surface area contributed by atoms with Crippen molar-refractivity contribution in [2.45, 2.75) is 6.04 Å². The van der Waals surface area contributed by atoms with Crippen LogP contribution in [0.1, 0.15) is 22.9 Å². The van der Waals surface area contributed by atoms with Crippen LogP contribution in [0.4, 0.5) is 0 Å². The summed E-state index contributed by atoms with van der Waals surface area (Å²) in [5.41, 5.74) is 1.34. The van der Waals surface area contributed by atoms with Gasteiger partial charge in [-0.2, -0.15) is 21.9 Å². The zero-order valence-electron chi connectivity index (χ0n) is 16.3. The lowest BCUT2D eigenvalue weighted by Gasteiger charge is -2.34. The van der Waals surface area contributed by atoms with Crippen LogP contribution in [-0.4, -0.2) is 42.2 Å². The number of amidine groups is 1. The molecule has 2 aromatic carbocycles. The molecule has 0 bridgehead atoms. The van der Waals surface area contributed by atoms with Gasteiger partial charge in [-0.3, -0.25) is 9.54 Å². The highest BCUT2D eigenvalue weighted by Gasteiger charge is 2.43. The minimum absolute atomic E-state index is 0.104. The Morgan fingerprint density at radius 2 is 1.44 bits per heavy atom. The van der Waals surface area contributed by atoms with Crippen LogP contribution >= 0.6 is 0 Å². The summed E-state index contributed by atoms with van der Waals surface area (Å²) in [5.74, 6) is -0.275. The molecular formula is C20H16N4O6S2. The van der Waals surface area contributed by atoms with E-state index < -0.39 is 26.7 Å². The summed E-state index contributed by atoms with van der Waals surface area (Å²) < 4.78 is 62.9. The third-order valence-electron chi connectivity index (χ3n) is 4.45. The molecule has 0 spiro atoms. The van der Waals surface area contributed by atoms with Crippen LogP contribution in [0.25, 0.3) is 0 Å². The van der Waals surface area contributed by atoms with Crippen molar-refractivity contribution in [2.24, 2.45) is 10.2 Å². The molecule has 0 fully saturated rings. The van der Waals surface area contributed by atoms with Crippen molar-refractivity contribution in [1.29, 1.82) is 0 Å². The van der Waals surface area contributed by atoms with Gasteiger partial charge in [-0.05, 0) is 17.7 Å². The number of pyridine rings is 1. The maximum absolute atomic E-state index is 13.1. The third kappa shape index (κ3) is 4.57. The lowest BCUT2D eigenvalue weighted by atomic mass is 9.96. The van der Waals surface area contributed by atoms with Crippen molar-refractivity contribution in [3.05, 3.63) is 102 Å². The van der Waals surface area contributed by atoms with Gasteiger partial charge in [0, 0.05) is 11.8 Å². The zero-order valence-corrected chi connectivity index (χ0v) is 17.9. The largest absolute Gasteiger partial charge is 0.413 e. The van der Waals surface area contributed by atoms with E-state index in [0.717, 1.165) is 0 Å². The van der Waals surface area contributed by atoms with Gasteiger partial charge in [-0.1, -0.05) is 66.7 Å². The Kier molecular flexibility index (Phi) is 5.84. The third-order valence-corrected chi connectivity index (χ3v) is 6.69. The number of hydrogen-bond donors (Lipinski definition) is 1. The van der Waals surface area contributed by atoms with Crippen molar-refractivity contribution in [2.75, 3.05) is 0 Å². The SMILES string of the molecule is O=S(=O)(O)OS(=O)(=O)N1C(c2ccccn2)=NN=C(c2ccccc2)C1c1ccccc1. The minimum Gasteiger partial charge on any atom is -0.263 e. The van der Waals surface area contributed by atoms with Crippen LogP contribution in [0.3, 0.4) is 0 Å². The van der Waals surface area contributed by atoms with Crippen LogP contribution < -0.4 is 0 Å². The Morgan fingerprint density at radius 1 is 0.812 bits per heavy atom. The van der Waals surface area contributed by atoms with Gasteiger partial charge in [-0.25, -0.2) is 4.31 Å². The zero-order chi connectivity index (χ0) is 22.8. The molecule has 164 valence electrons. The van der Waals surface area contributed by atoms with Crippen molar-refractivity contribution >= 4 is 32.3 Å². The number of benzene rings is 2. The first kappa shape index (κ1) is 21.8. The Labute approximate surface area is 184 Å². The Balaban J connectivity index is 2.00. The van der Waals surface area contributed by atoms with E-state index in [1.54, 1.807) is 72.8 Å². The molecule has 0 aliphatic carbocycles. The highest BCUT2D eigenvalue weighted by Crippen LogP contribution is 2.34. The van der Waals surface area contributed by atoms with Crippen LogP contribution in [0.15, 0.2) is 95.3 Å². The lowest BCUT2D eigenvalue weighted by Crippen LogP contribution is -2.47. The van der Waals surface area contributed by atoms with Crippen LogP contribution in [0, 0.1) is 0 Å². The van der Waals surface area contributed by atoms with Crippen molar-refractivity contribution in [3.8, 4) is 0 Å². The van der Waals surface area contributed by atoms with Crippen molar-refractivity contribution < 1.29 is 25.0 Å². The first-order valence-electron chi connectivity index (χ1n) is 9.16. The maximum Gasteiger partial charge on any atom is 0.413 e. The summed E-state index contributed by atoms with van der Waals surface area (Å²) >= 11 is 0. The molecule has 1 atom stereocenters. The Hall–Kier alpha value is -3.45. The van der Waals surface area contributed by atoms with Gasteiger partial charge in [0.1, 0.15) is 11.7 Å². The highest BCUT2D eigenvalue weighted by molar-refractivity contribution is 7.96. The molecular weight excluding hydrogens is 456 g/mol. The molecule has 2 heterocycles. The summed E-state index contributed by atoms with van der Waals surface area (Å²) in [6.07, 6.45) is 1.42. The van der Waals surface area contributed by atoms with Crippen molar-refractivity contribution in [1.82, 2.24) is 9.29 Å². The number of hydrogen-bond acceptors (Lipinski definition) is 8. The fourth-order valence-corrected chi connectivity index (χ4v) is 5.18. The standard InChI is InChI=1S/C20H16N4O6S2/c25-31(26,30-32(27,28)29)24-19(16-11-5-2-6-12-16)18(15-9-3-1-4-10-15)22-23-20(24)17-13-7-8-14-21-17/h1-14,19H,(H,27,28,29). The van der Waals surface area contributed by atoms with Gasteiger partial charge in [0.05, 0.1) is 5.71 Å². The molecule has 0 saturated heterocycles. The molecule has 12 heteroatoms. The van der Waals surface area contributed by atoms with Gasteiger partial charge in [0.15, 0.2) is 5.84 Å². The first-order valence-corrected chi connectivity index (χ1v) is 11.9. The van der Waals surface area contributed by atoms with E-state index >= 15 is 0 Å². The van der Waals surface area contributed by atoms with Gasteiger partial charge >= 0.3 is 20.7 Å². The predicted molar refractivity (Wildman–Crippen MR) is 116 cm³/mol. The molecule has 3 aromatic rings. The minimum atomic E-state index is -5.37. The smallest absolute Gasteiger partial charge is 0.263 e. The van der Waals surface area contributed by atoms with Gasteiger partial charge in [-0.15, -0.1) is 8.73 Å². The maximum atomic E-state index is 13.1. The molecule has 1 N–H and O–H groups in total. The second-order valence-electron chi connectivity index (χ2n) is 6.55. The molecule has 1 unspecified atom stereocenters. The van der Waals surface area contributed by atoms with Gasteiger partial charge in [0.2, 0.25) is 0 Å². The van der Waals surface area contributed by atoms with Crippen LogP contribution in [0.5, 0.6) is 0 Å². The molecule has 1 aromatic heterocycles. The van der Waals surface area contributed by atoms with E-state index in [0.29, 0.717) is 15.4 Å². The fourth-order valence-electron chi connectivity index (χ4n) is 3.22. The fraction of sp³-hybridized carbons (Fsp3) is 0.0500. The van der Waals surface area contributed by atoms with Crippen LogP contribution in [0.2, 0.25) is 0 Å². The molecule has 0 radical (unpaired) electrons. The first-order chi connectivity index (χ1) is 15.3. The summed E-state index contributed by atoms with van der Waals surface area (Å²) in [6, 6.07) is 20.7. The van der Waals surface area contributed by atoms with Gasteiger partial charge in [0.25, 0.3) is 0 Å². The van der Waals surface area contributed by atoms with E-state index in [1.807, 2.05) is 0 Å². The van der Waals surface area contributed by atoms with E-state index in [1.165, 1.54) is 12.3 Å². The average Bonchev–Trinajstić information content (AvgIpc) is 2.78. The monoisotopic (exact) mass is 472 g/mol. The average molecular weight is 473 g/mol. The van der Waals surface area contributed by atoms with Crippen molar-refractivity contribution in [3.63, 3.8) is 0 Å². The summed E-state index contributed by atoms with van der Waals surface area (Å²) in [6.45, 7) is 0.